The molecule has 8 nitrogen and oxygen atoms in total. The number of aromatic nitrogens is 2. The van der Waals surface area contributed by atoms with Gasteiger partial charge in [0.15, 0.2) is 5.84 Å². The number of aliphatic hydroxyl groups is 1. The molecule has 0 amide bonds. The molecular weight excluding hydrogens is 583 g/mol. The van der Waals surface area contributed by atoms with Crippen molar-refractivity contribution in [3.63, 3.8) is 0 Å². The number of halogens is 5. The summed E-state index contributed by atoms with van der Waals surface area (Å²) in [5.41, 5.74) is 1.17. The Morgan fingerprint density at radius 1 is 1.12 bits per heavy atom. The molecule has 2 aromatic carbocycles. The van der Waals surface area contributed by atoms with Crippen molar-refractivity contribution in [2.45, 2.75) is 30.4 Å². The Bertz CT molecular complexity index is 1600. The lowest BCUT2D eigenvalue weighted by molar-refractivity contribution is -0.146. The number of ether oxygens (including phenoxy) is 2. The first-order valence-corrected chi connectivity index (χ1v) is 15.1. The van der Waals surface area contributed by atoms with E-state index in [1.54, 1.807) is 18.3 Å². The highest BCUT2D eigenvalue weighted by molar-refractivity contribution is 8.45. The Hall–Kier alpha value is -3.62. The van der Waals surface area contributed by atoms with Gasteiger partial charge in [0.25, 0.3) is 5.72 Å². The van der Waals surface area contributed by atoms with Crippen LogP contribution in [-0.4, -0.2) is 58.9 Å². The van der Waals surface area contributed by atoms with Crippen LogP contribution in [0.3, 0.4) is 0 Å². The third kappa shape index (κ3) is 4.90. The highest BCUT2D eigenvalue weighted by atomic mass is 32.5. The fourth-order valence-electron chi connectivity index (χ4n) is 5.86. The molecule has 3 aromatic rings. The van der Waals surface area contributed by atoms with Crippen molar-refractivity contribution in [3.05, 3.63) is 77.4 Å². The topological polar surface area (TPSA) is 81.3 Å². The van der Waals surface area contributed by atoms with Gasteiger partial charge in [-0.1, -0.05) is 42.8 Å². The summed E-state index contributed by atoms with van der Waals surface area (Å²) in [6, 6.07) is 8.11. The number of benzene rings is 2. The fourth-order valence-corrected chi connectivity index (χ4v) is 6.51. The van der Waals surface area contributed by atoms with Crippen LogP contribution >= 0.6 is 10.2 Å². The van der Waals surface area contributed by atoms with Gasteiger partial charge >= 0.3 is 10.2 Å². The summed E-state index contributed by atoms with van der Waals surface area (Å²) in [6.45, 7) is 2.46. The maximum absolute atomic E-state index is 13.4. The van der Waals surface area contributed by atoms with Crippen molar-refractivity contribution < 1.29 is 38.8 Å². The van der Waals surface area contributed by atoms with Gasteiger partial charge in [0.1, 0.15) is 17.3 Å². The second-order valence-corrected chi connectivity index (χ2v) is 13.4. The zero-order valence-electron chi connectivity index (χ0n) is 22.8. The Kier molecular flexibility index (Phi) is 6.07. The normalized spacial score (nSPS) is 26.5. The zero-order valence-corrected chi connectivity index (χ0v) is 23.6. The Balaban J connectivity index is 1.39. The fraction of sp³-hybridized carbons (Fsp3) is 0.357. The molecule has 0 saturated carbocycles. The first kappa shape index (κ1) is 28.5. The van der Waals surface area contributed by atoms with Gasteiger partial charge in [-0.3, -0.25) is 0 Å². The minimum absolute atomic E-state index is 0.0614. The summed E-state index contributed by atoms with van der Waals surface area (Å²) in [4.78, 5) is 9.73. The molecule has 3 aliphatic heterocycles. The molecule has 4 heterocycles. The highest BCUT2D eigenvalue weighted by Gasteiger charge is 2.65. The van der Waals surface area contributed by atoms with Crippen molar-refractivity contribution in [1.29, 1.82) is 0 Å². The molecule has 42 heavy (non-hydrogen) atoms. The van der Waals surface area contributed by atoms with Crippen LogP contribution in [0, 0.1) is 12.3 Å². The number of piperidine rings is 1. The van der Waals surface area contributed by atoms with Crippen LogP contribution in [0.25, 0.3) is 11.8 Å². The van der Waals surface area contributed by atoms with Crippen LogP contribution in [-0.2, 0) is 15.3 Å². The smallest absolute Gasteiger partial charge is 0.310 e. The minimum Gasteiger partial charge on any atom is -0.495 e. The molecule has 0 bridgehead atoms. The van der Waals surface area contributed by atoms with Gasteiger partial charge in [0.05, 0.1) is 31.4 Å². The second-order valence-electron chi connectivity index (χ2n) is 11.0. The van der Waals surface area contributed by atoms with Crippen molar-refractivity contribution in [2.24, 2.45) is 10.6 Å². The van der Waals surface area contributed by atoms with E-state index < -0.39 is 27.5 Å². The average molecular weight is 613 g/mol. The SMILES string of the molecule is COc1cc(/C=C2\CC3(CCOC3)CN3C2=NOC3(CO)c2ccc(S(F)(F)(F)(F)F)cc2)ccc1-n1cnc(C)c1. The quantitative estimate of drug-likeness (QED) is 0.319. The van der Waals surface area contributed by atoms with Gasteiger partial charge in [-0.05, 0) is 61.2 Å². The molecule has 2 fully saturated rings. The van der Waals surface area contributed by atoms with Crippen molar-refractivity contribution >= 4 is 22.1 Å². The standard InChI is InChI=1S/C28H29F5N4O4S/c1-19-14-36(18-34-19)24-8-3-20(12-25(24)39-2)11-21-13-27(9-10-40-17-27)15-37-26(21)35-41-28(37,16-38)22-4-6-23(7-5-22)42(29,30,31,32)33/h3-8,11-12,14,18,38H,9-10,13,15-17H2,1-2H3/b21-11+. The van der Waals surface area contributed by atoms with Gasteiger partial charge in [0, 0.05) is 30.3 Å². The van der Waals surface area contributed by atoms with E-state index in [4.69, 9.17) is 14.3 Å². The van der Waals surface area contributed by atoms with E-state index in [0.717, 1.165) is 34.7 Å². The third-order valence-electron chi connectivity index (χ3n) is 8.01. The minimum atomic E-state index is -9.88. The van der Waals surface area contributed by atoms with Gasteiger partial charge in [-0.15, -0.1) is 0 Å². The summed E-state index contributed by atoms with van der Waals surface area (Å²) in [7, 11) is -8.31. The monoisotopic (exact) mass is 612 g/mol. The number of methoxy groups -OCH3 is 1. The molecule has 2 atom stereocenters. The second kappa shape index (κ2) is 8.94. The van der Waals surface area contributed by atoms with Crippen LogP contribution in [0.2, 0.25) is 0 Å². The zero-order chi connectivity index (χ0) is 30.0. The molecular formula is C28H29F5N4O4S. The molecule has 1 N–H and O–H groups in total. The number of aryl methyl sites for hydroxylation is 1. The first-order valence-electron chi connectivity index (χ1n) is 13.1. The van der Waals surface area contributed by atoms with Crippen LogP contribution < -0.4 is 4.74 Å². The maximum atomic E-state index is 13.4. The molecule has 1 aromatic heterocycles. The molecule has 2 unspecified atom stereocenters. The van der Waals surface area contributed by atoms with Crippen LogP contribution in [0.1, 0.15) is 29.7 Å². The lowest BCUT2D eigenvalue weighted by atomic mass is 9.75. The molecule has 1 spiro atoms. The highest BCUT2D eigenvalue weighted by Crippen LogP contribution is 3.02. The van der Waals surface area contributed by atoms with E-state index >= 15 is 0 Å². The summed E-state index contributed by atoms with van der Waals surface area (Å²) in [5, 5.41) is 14.8. The Morgan fingerprint density at radius 2 is 1.88 bits per heavy atom. The number of rotatable bonds is 6. The van der Waals surface area contributed by atoms with E-state index in [0.29, 0.717) is 56.3 Å². The van der Waals surface area contributed by atoms with E-state index in [2.05, 4.69) is 10.1 Å². The molecule has 3 aliphatic rings. The summed E-state index contributed by atoms with van der Waals surface area (Å²) < 4.78 is 80.2. The number of aliphatic hydroxyl groups excluding tert-OH is 1. The Morgan fingerprint density at radius 3 is 2.48 bits per heavy atom. The predicted molar refractivity (Wildman–Crippen MR) is 147 cm³/mol. The molecule has 0 aliphatic carbocycles. The number of nitrogens with zero attached hydrogens (tertiary/aromatic N) is 4. The maximum Gasteiger partial charge on any atom is 0.310 e. The number of oxime groups is 1. The summed E-state index contributed by atoms with van der Waals surface area (Å²) >= 11 is 0. The third-order valence-corrected chi connectivity index (χ3v) is 9.17. The number of hydrogen-bond donors (Lipinski definition) is 1. The lowest BCUT2D eigenvalue weighted by Crippen LogP contribution is -2.56. The number of amidine groups is 1. The molecule has 226 valence electrons. The number of hydrogen-bond acceptors (Lipinski definition) is 7. The predicted octanol–water partition coefficient (Wildman–Crippen LogP) is 6.53. The summed E-state index contributed by atoms with van der Waals surface area (Å²) in [6.07, 6.45) is 6.76. The largest absolute Gasteiger partial charge is 0.495 e. The lowest BCUT2D eigenvalue weighted by Gasteiger charge is -2.46. The van der Waals surface area contributed by atoms with Crippen LogP contribution in [0.15, 0.2) is 70.6 Å². The van der Waals surface area contributed by atoms with E-state index in [-0.39, 0.29) is 11.0 Å². The van der Waals surface area contributed by atoms with Gasteiger partial charge in [-0.2, -0.15) is 0 Å². The average Bonchev–Trinajstić information content (AvgIpc) is 3.67. The first-order chi connectivity index (χ1) is 19.6. The van der Waals surface area contributed by atoms with Crippen molar-refractivity contribution in [1.82, 2.24) is 14.5 Å². The van der Waals surface area contributed by atoms with E-state index in [1.165, 1.54) is 0 Å². The van der Waals surface area contributed by atoms with Crippen LogP contribution in [0.4, 0.5) is 19.4 Å². The number of fused-ring (bicyclic) bond motifs is 1. The van der Waals surface area contributed by atoms with Gasteiger partial charge in [-0.25, -0.2) is 4.98 Å². The molecule has 2 saturated heterocycles. The molecule has 0 radical (unpaired) electrons. The summed E-state index contributed by atoms with van der Waals surface area (Å²) in [5.74, 6) is 0.998. The number of imidazole rings is 1. The Labute approximate surface area is 238 Å². The van der Waals surface area contributed by atoms with Gasteiger partial charge < -0.3 is 28.9 Å². The molecule has 14 heteroatoms. The van der Waals surface area contributed by atoms with E-state index in [9.17, 15) is 24.5 Å². The van der Waals surface area contributed by atoms with E-state index in [1.807, 2.05) is 42.0 Å². The van der Waals surface area contributed by atoms with Crippen molar-refractivity contribution in [2.75, 3.05) is 33.5 Å². The van der Waals surface area contributed by atoms with Crippen LogP contribution in [0.5, 0.6) is 5.75 Å². The molecule has 6 rings (SSSR count). The van der Waals surface area contributed by atoms with Crippen molar-refractivity contribution in [3.8, 4) is 11.4 Å². The van der Waals surface area contributed by atoms with Gasteiger partial charge in [0.2, 0.25) is 0 Å².